The van der Waals surface area contributed by atoms with Crippen LogP contribution in [0.25, 0.3) is 0 Å². The molecule has 4 atom stereocenters. The van der Waals surface area contributed by atoms with Gasteiger partial charge < -0.3 is 0 Å². The molecule has 0 spiro atoms. The molecule has 1 aromatic carbocycles. The van der Waals surface area contributed by atoms with Crippen molar-refractivity contribution in [3.05, 3.63) is 46.0 Å². The van der Waals surface area contributed by atoms with Gasteiger partial charge in [0.15, 0.2) is 0 Å². The van der Waals surface area contributed by atoms with Gasteiger partial charge in [-0.1, -0.05) is 34.9 Å². The van der Waals surface area contributed by atoms with Crippen molar-refractivity contribution in [3.63, 3.8) is 0 Å². The van der Waals surface area contributed by atoms with Crippen molar-refractivity contribution in [2.24, 2.45) is 23.7 Å². The lowest BCUT2D eigenvalue weighted by atomic mass is 9.81. The Morgan fingerprint density at radius 2 is 1.62 bits per heavy atom. The molecule has 5 nitrogen and oxygen atoms in total. The summed E-state index contributed by atoms with van der Waals surface area (Å²) in [6.45, 7) is 4.12. The molecule has 0 radical (unpaired) electrons. The van der Waals surface area contributed by atoms with E-state index in [1.165, 1.54) is 11.1 Å². The molecule has 1 aromatic rings. The molecule has 0 aromatic heterocycles. The van der Waals surface area contributed by atoms with E-state index < -0.39 is 0 Å². The van der Waals surface area contributed by atoms with E-state index in [2.05, 4.69) is 19.3 Å². The second-order valence-corrected chi connectivity index (χ2v) is 8.08. The van der Waals surface area contributed by atoms with Crippen molar-refractivity contribution in [1.29, 1.82) is 0 Å². The average Bonchev–Trinajstić information content (AvgIpc) is 3.23. The van der Waals surface area contributed by atoms with Gasteiger partial charge in [0.05, 0.1) is 18.3 Å². The van der Waals surface area contributed by atoms with E-state index in [1.807, 2.05) is 0 Å². The van der Waals surface area contributed by atoms with E-state index in [1.54, 1.807) is 24.3 Å². The number of nitrogens with one attached hydrogen (secondary N) is 1. The molecule has 2 saturated carbocycles. The SMILES string of the molecule is CC(C)=C1[C@H]2CC[C@H]1[C@H]1C(=O)N(NC(=O)Cc3ccc(Cl)cc3)C(=O)[C@H]12. The Labute approximate surface area is 157 Å². The zero-order valence-corrected chi connectivity index (χ0v) is 15.5. The number of hydrogen-bond acceptors (Lipinski definition) is 3. The first-order valence-electron chi connectivity index (χ1n) is 8.97. The summed E-state index contributed by atoms with van der Waals surface area (Å²) in [5.74, 6) is -1.17. The highest BCUT2D eigenvalue weighted by atomic mass is 35.5. The Morgan fingerprint density at radius 3 is 2.12 bits per heavy atom. The number of allylic oxidation sites excluding steroid dienone is 2. The van der Waals surface area contributed by atoms with Crippen LogP contribution in [0.4, 0.5) is 0 Å². The molecule has 26 heavy (non-hydrogen) atoms. The van der Waals surface area contributed by atoms with Crippen molar-refractivity contribution >= 4 is 29.3 Å². The van der Waals surface area contributed by atoms with E-state index in [0.29, 0.717) is 5.02 Å². The first-order valence-corrected chi connectivity index (χ1v) is 9.35. The largest absolute Gasteiger partial charge is 0.273 e. The summed E-state index contributed by atoms with van der Waals surface area (Å²) in [5.41, 5.74) is 5.83. The van der Waals surface area contributed by atoms with Crippen molar-refractivity contribution in [3.8, 4) is 0 Å². The lowest BCUT2D eigenvalue weighted by Crippen LogP contribution is -2.48. The summed E-state index contributed by atoms with van der Waals surface area (Å²) >= 11 is 5.84. The molecule has 136 valence electrons. The number of benzene rings is 1. The van der Waals surface area contributed by atoms with E-state index in [-0.39, 0.29) is 47.8 Å². The number of imide groups is 1. The van der Waals surface area contributed by atoms with Gasteiger partial charge >= 0.3 is 0 Å². The summed E-state index contributed by atoms with van der Waals surface area (Å²) in [4.78, 5) is 38.0. The predicted molar refractivity (Wildman–Crippen MR) is 96.7 cm³/mol. The molecular weight excluding hydrogens is 352 g/mol. The third-order valence-electron chi connectivity index (χ3n) is 5.94. The first kappa shape index (κ1) is 17.3. The zero-order valence-electron chi connectivity index (χ0n) is 14.8. The topological polar surface area (TPSA) is 66.5 Å². The van der Waals surface area contributed by atoms with Crippen LogP contribution < -0.4 is 5.43 Å². The normalized spacial score (nSPS) is 29.3. The number of carbonyl (C=O) groups excluding carboxylic acids is 3. The lowest BCUT2D eigenvalue weighted by molar-refractivity contribution is -0.149. The second-order valence-electron chi connectivity index (χ2n) is 7.65. The van der Waals surface area contributed by atoms with Crippen molar-refractivity contribution in [2.45, 2.75) is 33.1 Å². The van der Waals surface area contributed by atoms with Crippen LogP contribution in [-0.2, 0) is 20.8 Å². The zero-order chi connectivity index (χ0) is 18.6. The highest BCUT2D eigenvalue weighted by Gasteiger charge is 2.63. The summed E-state index contributed by atoms with van der Waals surface area (Å²) in [6.07, 6.45) is 2.01. The molecule has 1 saturated heterocycles. The average molecular weight is 373 g/mol. The van der Waals surface area contributed by atoms with Gasteiger partial charge in [-0.15, -0.1) is 0 Å². The van der Waals surface area contributed by atoms with Crippen LogP contribution in [0.3, 0.4) is 0 Å². The number of rotatable bonds is 3. The van der Waals surface area contributed by atoms with Gasteiger partial charge in [-0.25, -0.2) is 0 Å². The minimum absolute atomic E-state index is 0.0929. The van der Waals surface area contributed by atoms with Gasteiger partial charge in [0.1, 0.15) is 0 Å². The fourth-order valence-electron chi connectivity index (χ4n) is 5.05. The lowest BCUT2D eigenvalue weighted by Gasteiger charge is -2.19. The molecular formula is C20H21ClN2O3. The van der Waals surface area contributed by atoms with Gasteiger partial charge in [0.2, 0.25) is 5.91 Å². The minimum Gasteiger partial charge on any atom is -0.273 e. The highest BCUT2D eigenvalue weighted by Crippen LogP contribution is 2.59. The molecule has 2 aliphatic carbocycles. The van der Waals surface area contributed by atoms with Gasteiger partial charge in [0, 0.05) is 5.02 Å². The van der Waals surface area contributed by atoms with E-state index in [9.17, 15) is 14.4 Å². The van der Waals surface area contributed by atoms with Crippen LogP contribution in [0, 0.1) is 23.7 Å². The third-order valence-corrected chi connectivity index (χ3v) is 6.20. The molecule has 1 heterocycles. The van der Waals surface area contributed by atoms with Gasteiger partial charge in [-0.05, 0) is 56.2 Å². The van der Waals surface area contributed by atoms with E-state index in [0.717, 1.165) is 23.4 Å². The molecule has 1 aliphatic heterocycles. The molecule has 2 bridgehead atoms. The predicted octanol–water partition coefficient (Wildman–Crippen LogP) is 2.89. The summed E-state index contributed by atoms with van der Waals surface area (Å²) < 4.78 is 0. The molecule has 3 fully saturated rings. The molecule has 4 rings (SSSR count). The number of hydrazine groups is 1. The maximum Gasteiger partial charge on any atom is 0.252 e. The Bertz CT molecular complexity index is 794. The monoisotopic (exact) mass is 372 g/mol. The van der Waals surface area contributed by atoms with Crippen LogP contribution in [-0.4, -0.2) is 22.7 Å². The number of carbonyl (C=O) groups is 3. The van der Waals surface area contributed by atoms with Crippen molar-refractivity contribution < 1.29 is 14.4 Å². The van der Waals surface area contributed by atoms with Crippen molar-refractivity contribution in [1.82, 2.24) is 10.4 Å². The minimum atomic E-state index is -0.371. The summed E-state index contributed by atoms with van der Waals surface area (Å²) in [7, 11) is 0. The van der Waals surface area contributed by atoms with E-state index >= 15 is 0 Å². The quantitative estimate of drug-likeness (QED) is 0.655. The first-order chi connectivity index (χ1) is 12.4. The van der Waals surface area contributed by atoms with Crippen LogP contribution >= 0.6 is 11.6 Å². The Balaban J connectivity index is 1.49. The number of nitrogens with zero attached hydrogens (tertiary/aromatic N) is 1. The summed E-state index contributed by atoms with van der Waals surface area (Å²) in [6, 6.07) is 6.93. The summed E-state index contributed by atoms with van der Waals surface area (Å²) in [5, 5.41) is 1.57. The maximum atomic E-state index is 12.8. The Kier molecular flexibility index (Phi) is 4.14. The van der Waals surface area contributed by atoms with E-state index in [4.69, 9.17) is 11.6 Å². The standard InChI is InChI=1S/C20H21ClN2O3/c1-10(2)16-13-7-8-14(16)18-17(13)19(25)23(20(18)26)22-15(24)9-11-3-5-12(21)6-4-11/h3-6,13-14,17-18H,7-9H2,1-2H3,(H,22,24)/t13-,14-,17-,18+/m1/s1. The molecule has 3 aliphatic rings. The number of fused-ring (bicyclic) bond motifs is 5. The van der Waals surface area contributed by atoms with Crippen LogP contribution in [0.5, 0.6) is 0 Å². The van der Waals surface area contributed by atoms with Gasteiger partial charge in [0.25, 0.3) is 11.8 Å². The second kappa shape index (κ2) is 6.23. The third kappa shape index (κ3) is 2.57. The highest BCUT2D eigenvalue weighted by molar-refractivity contribution is 6.30. The van der Waals surface area contributed by atoms with Gasteiger partial charge in [-0.3, -0.25) is 19.8 Å². The number of amides is 3. The fourth-order valence-corrected chi connectivity index (χ4v) is 5.18. The van der Waals surface area contributed by atoms with Crippen LogP contribution in [0.2, 0.25) is 5.02 Å². The van der Waals surface area contributed by atoms with Crippen LogP contribution in [0.15, 0.2) is 35.4 Å². The van der Waals surface area contributed by atoms with Crippen molar-refractivity contribution in [2.75, 3.05) is 0 Å². The maximum absolute atomic E-state index is 12.8. The number of halogens is 1. The molecule has 0 unspecified atom stereocenters. The fraction of sp³-hybridized carbons (Fsp3) is 0.450. The molecule has 6 heteroatoms. The Hall–Kier alpha value is -2.14. The Morgan fingerprint density at radius 1 is 1.08 bits per heavy atom. The smallest absolute Gasteiger partial charge is 0.252 e. The molecule has 3 amide bonds. The molecule has 1 N–H and O–H groups in total. The number of hydrogen-bond donors (Lipinski definition) is 1. The van der Waals surface area contributed by atoms with Crippen LogP contribution in [0.1, 0.15) is 32.3 Å². The van der Waals surface area contributed by atoms with Gasteiger partial charge in [-0.2, -0.15) is 5.01 Å².